The predicted octanol–water partition coefficient (Wildman–Crippen LogP) is 3.75. The second kappa shape index (κ2) is 5.44. The second-order valence-electron chi connectivity index (χ2n) is 5.32. The minimum Gasteiger partial charge on any atom is -0.350 e. The summed E-state index contributed by atoms with van der Waals surface area (Å²) in [6, 6.07) is 18.0. The number of hydrogen-bond acceptors (Lipinski definition) is 1. The summed E-state index contributed by atoms with van der Waals surface area (Å²) in [6.45, 7) is 2.59. The Morgan fingerprint density at radius 3 is 2.43 bits per heavy atom. The van der Waals surface area contributed by atoms with Crippen LogP contribution in [0, 0.1) is 6.92 Å². The molecule has 0 aliphatic rings. The standard InChI is InChI=1S/C18H18N2O/c1-13-15-10-6-7-11-16(15)19-17(13)18(21)20(2)12-14-8-4-3-5-9-14/h3-11,19H,12H2,1-2H3. The lowest BCUT2D eigenvalue weighted by atomic mass is 10.1. The third-order valence-electron chi connectivity index (χ3n) is 3.79. The Morgan fingerprint density at radius 1 is 1.05 bits per heavy atom. The molecule has 0 radical (unpaired) electrons. The smallest absolute Gasteiger partial charge is 0.270 e. The van der Waals surface area contributed by atoms with Crippen LogP contribution in [0.3, 0.4) is 0 Å². The van der Waals surface area contributed by atoms with Crippen LogP contribution >= 0.6 is 0 Å². The van der Waals surface area contributed by atoms with Gasteiger partial charge in [0.2, 0.25) is 0 Å². The highest BCUT2D eigenvalue weighted by molar-refractivity contribution is 6.00. The van der Waals surface area contributed by atoms with Crippen molar-refractivity contribution in [1.29, 1.82) is 0 Å². The van der Waals surface area contributed by atoms with E-state index in [4.69, 9.17) is 0 Å². The first-order chi connectivity index (χ1) is 10.2. The van der Waals surface area contributed by atoms with Crippen molar-refractivity contribution in [3.63, 3.8) is 0 Å². The van der Waals surface area contributed by atoms with Gasteiger partial charge in [-0.2, -0.15) is 0 Å². The van der Waals surface area contributed by atoms with Crippen LogP contribution in [0.1, 0.15) is 21.6 Å². The van der Waals surface area contributed by atoms with Crippen LogP contribution in [0.5, 0.6) is 0 Å². The van der Waals surface area contributed by atoms with Crippen molar-refractivity contribution in [2.45, 2.75) is 13.5 Å². The minimum atomic E-state index is 0.0209. The molecule has 1 heterocycles. The van der Waals surface area contributed by atoms with Crippen molar-refractivity contribution in [2.24, 2.45) is 0 Å². The zero-order chi connectivity index (χ0) is 14.8. The van der Waals surface area contributed by atoms with Crippen LogP contribution in [0.4, 0.5) is 0 Å². The van der Waals surface area contributed by atoms with Gasteiger partial charge in [0.05, 0.1) is 0 Å². The summed E-state index contributed by atoms with van der Waals surface area (Å²) in [7, 11) is 1.83. The number of aromatic nitrogens is 1. The summed E-state index contributed by atoms with van der Waals surface area (Å²) in [4.78, 5) is 17.6. The number of nitrogens with zero attached hydrogens (tertiary/aromatic N) is 1. The molecule has 0 unspecified atom stereocenters. The van der Waals surface area contributed by atoms with Crippen molar-refractivity contribution < 1.29 is 4.79 Å². The normalized spacial score (nSPS) is 10.8. The molecule has 106 valence electrons. The molecule has 0 saturated carbocycles. The van der Waals surface area contributed by atoms with E-state index in [-0.39, 0.29) is 5.91 Å². The van der Waals surface area contributed by atoms with E-state index in [1.807, 2.05) is 68.6 Å². The van der Waals surface area contributed by atoms with Crippen LogP contribution in [-0.4, -0.2) is 22.8 Å². The number of aryl methyl sites for hydroxylation is 1. The molecule has 3 heteroatoms. The number of para-hydroxylation sites is 1. The van der Waals surface area contributed by atoms with Gasteiger partial charge < -0.3 is 9.88 Å². The summed E-state index contributed by atoms with van der Waals surface area (Å²) < 4.78 is 0. The highest BCUT2D eigenvalue weighted by Crippen LogP contribution is 2.22. The Balaban J connectivity index is 1.88. The maximum absolute atomic E-state index is 12.6. The molecule has 2 aromatic carbocycles. The Hall–Kier alpha value is -2.55. The fourth-order valence-corrected chi connectivity index (χ4v) is 2.62. The van der Waals surface area contributed by atoms with Crippen molar-refractivity contribution in [2.75, 3.05) is 7.05 Å². The van der Waals surface area contributed by atoms with E-state index in [0.717, 1.165) is 22.0 Å². The number of fused-ring (bicyclic) bond motifs is 1. The molecule has 1 N–H and O–H groups in total. The summed E-state index contributed by atoms with van der Waals surface area (Å²) in [5, 5.41) is 1.11. The van der Waals surface area contributed by atoms with E-state index in [9.17, 15) is 4.79 Å². The lowest BCUT2D eigenvalue weighted by Crippen LogP contribution is -2.27. The number of aromatic amines is 1. The van der Waals surface area contributed by atoms with E-state index in [2.05, 4.69) is 4.98 Å². The number of amides is 1. The van der Waals surface area contributed by atoms with Crippen LogP contribution in [0.25, 0.3) is 10.9 Å². The predicted molar refractivity (Wildman–Crippen MR) is 85.3 cm³/mol. The highest BCUT2D eigenvalue weighted by atomic mass is 16.2. The molecule has 0 atom stereocenters. The molecule has 3 rings (SSSR count). The van der Waals surface area contributed by atoms with E-state index < -0.39 is 0 Å². The van der Waals surface area contributed by atoms with Gasteiger partial charge in [0.1, 0.15) is 5.69 Å². The molecule has 0 spiro atoms. The maximum Gasteiger partial charge on any atom is 0.270 e. The Kier molecular flexibility index (Phi) is 3.48. The topological polar surface area (TPSA) is 36.1 Å². The number of H-pyrrole nitrogens is 1. The Morgan fingerprint density at radius 2 is 1.71 bits per heavy atom. The first-order valence-electron chi connectivity index (χ1n) is 7.03. The van der Waals surface area contributed by atoms with Crippen LogP contribution in [0.15, 0.2) is 54.6 Å². The number of carbonyl (C=O) groups is 1. The van der Waals surface area contributed by atoms with Crippen LogP contribution < -0.4 is 0 Å². The van der Waals surface area contributed by atoms with E-state index in [1.165, 1.54) is 0 Å². The first-order valence-corrected chi connectivity index (χ1v) is 7.03. The average Bonchev–Trinajstić information content (AvgIpc) is 2.85. The van der Waals surface area contributed by atoms with E-state index in [0.29, 0.717) is 12.2 Å². The molecule has 21 heavy (non-hydrogen) atoms. The summed E-state index contributed by atoms with van der Waals surface area (Å²) >= 11 is 0. The van der Waals surface area contributed by atoms with Crippen molar-refractivity contribution in [1.82, 2.24) is 9.88 Å². The monoisotopic (exact) mass is 278 g/mol. The largest absolute Gasteiger partial charge is 0.350 e. The molecule has 0 aliphatic heterocycles. The molecule has 0 fully saturated rings. The quantitative estimate of drug-likeness (QED) is 0.778. The Labute approximate surface area is 124 Å². The van der Waals surface area contributed by atoms with Crippen molar-refractivity contribution in [3.05, 3.63) is 71.4 Å². The number of benzene rings is 2. The van der Waals surface area contributed by atoms with Gasteiger partial charge in [-0.15, -0.1) is 0 Å². The van der Waals surface area contributed by atoms with Gasteiger partial charge in [-0.3, -0.25) is 4.79 Å². The summed E-state index contributed by atoms with van der Waals surface area (Å²) in [5.74, 6) is 0.0209. The van der Waals surface area contributed by atoms with Crippen molar-refractivity contribution in [3.8, 4) is 0 Å². The zero-order valence-corrected chi connectivity index (χ0v) is 12.3. The van der Waals surface area contributed by atoms with Gasteiger partial charge in [-0.05, 0) is 24.1 Å². The van der Waals surface area contributed by atoms with E-state index in [1.54, 1.807) is 4.90 Å². The van der Waals surface area contributed by atoms with Crippen molar-refractivity contribution >= 4 is 16.8 Å². The SMILES string of the molecule is Cc1c(C(=O)N(C)Cc2ccccc2)[nH]c2ccccc12. The zero-order valence-electron chi connectivity index (χ0n) is 12.3. The fraction of sp³-hybridized carbons (Fsp3) is 0.167. The van der Waals surface area contributed by atoms with Gasteiger partial charge >= 0.3 is 0 Å². The molecular formula is C18H18N2O. The molecular weight excluding hydrogens is 260 g/mol. The van der Waals surface area contributed by atoms with Crippen LogP contribution in [-0.2, 0) is 6.54 Å². The first kappa shape index (κ1) is 13.4. The van der Waals surface area contributed by atoms with Gasteiger partial charge in [-0.1, -0.05) is 48.5 Å². The second-order valence-corrected chi connectivity index (χ2v) is 5.32. The maximum atomic E-state index is 12.6. The number of nitrogens with one attached hydrogen (secondary N) is 1. The van der Waals surface area contributed by atoms with E-state index >= 15 is 0 Å². The van der Waals surface area contributed by atoms with Crippen LogP contribution in [0.2, 0.25) is 0 Å². The Bertz CT molecular complexity index is 774. The van der Waals surface area contributed by atoms with Gasteiger partial charge in [0, 0.05) is 24.5 Å². The van der Waals surface area contributed by atoms with Gasteiger partial charge in [0.15, 0.2) is 0 Å². The minimum absolute atomic E-state index is 0.0209. The molecule has 3 nitrogen and oxygen atoms in total. The average molecular weight is 278 g/mol. The molecule has 0 aliphatic carbocycles. The number of hydrogen-bond donors (Lipinski definition) is 1. The third kappa shape index (κ3) is 2.55. The van der Waals surface area contributed by atoms with Gasteiger partial charge in [0.25, 0.3) is 5.91 Å². The lowest BCUT2D eigenvalue weighted by molar-refractivity contribution is 0.0779. The number of rotatable bonds is 3. The summed E-state index contributed by atoms with van der Waals surface area (Å²) in [6.07, 6.45) is 0. The number of carbonyl (C=O) groups excluding carboxylic acids is 1. The molecule has 0 saturated heterocycles. The van der Waals surface area contributed by atoms with Gasteiger partial charge in [-0.25, -0.2) is 0 Å². The fourth-order valence-electron chi connectivity index (χ4n) is 2.62. The molecule has 3 aromatic rings. The molecule has 0 bridgehead atoms. The third-order valence-corrected chi connectivity index (χ3v) is 3.79. The summed E-state index contributed by atoms with van der Waals surface area (Å²) in [5.41, 5.74) is 3.82. The molecule has 1 aromatic heterocycles. The lowest BCUT2D eigenvalue weighted by Gasteiger charge is -2.17. The highest BCUT2D eigenvalue weighted by Gasteiger charge is 2.18. The molecule has 1 amide bonds.